The summed E-state index contributed by atoms with van der Waals surface area (Å²) >= 11 is 0. The molecular weight excluding hydrogens is 248 g/mol. The maximum atomic E-state index is 13.5. The normalized spacial score (nSPS) is 10.5. The minimum absolute atomic E-state index is 0.0330. The second-order valence-corrected chi connectivity index (χ2v) is 4.43. The summed E-state index contributed by atoms with van der Waals surface area (Å²) in [5, 5.41) is 0. The van der Waals surface area contributed by atoms with Gasteiger partial charge in [-0.15, -0.1) is 0 Å². The number of hydrogen-bond donors (Lipinski definition) is 1. The minimum atomic E-state index is -0.873. The lowest BCUT2D eigenvalue weighted by molar-refractivity contribution is 0.293. The third kappa shape index (κ3) is 2.67. The van der Waals surface area contributed by atoms with Gasteiger partial charge in [-0.2, -0.15) is 0 Å². The highest BCUT2D eigenvalue weighted by Crippen LogP contribution is 2.28. The molecule has 0 aliphatic carbocycles. The number of nitrogens with two attached hydrogens (primary N) is 1. The lowest BCUT2D eigenvalue weighted by Gasteiger charge is -2.14. The van der Waals surface area contributed by atoms with E-state index in [1.807, 2.05) is 19.9 Å². The van der Waals surface area contributed by atoms with Crippen LogP contribution in [0.25, 0.3) is 0 Å². The van der Waals surface area contributed by atoms with Crippen LogP contribution < -0.4 is 10.5 Å². The van der Waals surface area contributed by atoms with Crippen molar-refractivity contribution >= 4 is 5.69 Å². The van der Waals surface area contributed by atoms with Crippen LogP contribution in [0.4, 0.5) is 14.5 Å². The Morgan fingerprint density at radius 3 is 2.58 bits per heavy atom. The van der Waals surface area contributed by atoms with Crippen LogP contribution >= 0.6 is 0 Å². The van der Waals surface area contributed by atoms with Gasteiger partial charge in [-0.25, -0.2) is 8.78 Å². The Morgan fingerprint density at radius 1 is 1.11 bits per heavy atom. The van der Waals surface area contributed by atoms with Crippen LogP contribution in [0, 0.1) is 25.5 Å². The zero-order chi connectivity index (χ0) is 14.0. The van der Waals surface area contributed by atoms with Gasteiger partial charge in [0.15, 0.2) is 11.6 Å². The van der Waals surface area contributed by atoms with E-state index >= 15 is 0 Å². The fourth-order valence-electron chi connectivity index (χ4n) is 1.87. The summed E-state index contributed by atoms with van der Waals surface area (Å²) in [6.07, 6.45) is 0. The van der Waals surface area contributed by atoms with Crippen molar-refractivity contribution in [3.05, 3.63) is 58.7 Å². The molecular formula is C15H15F2NO. The molecule has 4 heteroatoms. The summed E-state index contributed by atoms with van der Waals surface area (Å²) in [6, 6.07) is 7.65. The predicted molar refractivity (Wildman–Crippen MR) is 71.0 cm³/mol. The SMILES string of the molecule is Cc1ccc(N)c(C)c1OCc1cccc(F)c1F. The lowest BCUT2D eigenvalue weighted by atomic mass is 10.1. The van der Waals surface area contributed by atoms with Crippen LogP contribution in [0.15, 0.2) is 30.3 Å². The molecule has 2 rings (SSSR count). The fourth-order valence-corrected chi connectivity index (χ4v) is 1.87. The molecule has 0 amide bonds. The van der Waals surface area contributed by atoms with Crippen LogP contribution in [0.3, 0.4) is 0 Å². The molecule has 0 radical (unpaired) electrons. The molecule has 0 aromatic heterocycles. The fraction of sp³-hybridized carbons (Fsp3) is 0.200. The number of benzene rings is 2. The average molecular weight is 263 g/mol. The van der Waals surface area contributed by atoms with Crippen molar-refractivity contribution in [1.29, 1.82) is 0 Å². The van der Waals surface area contributed by atoms with E-state index in [-0.39, 0.29) is 12.2 Å². The van der Waals surface area contributed by atoms with E-state index in [2.05, 4.69) is 0 Å². The van der Waals surface area contributed by atoms with E-state index in [9.17, 15) is 8.78 Å². The third-order valence-electron chi connectivity index (χ3n) is 3.05. The Kier molecular flexibility index (Phi) is 3.69. The van der Waals surface area contributed by atoms with Crippen molar-refractivity contribution in [2.45, 2.75) is 20.5 Å². The minimum Gasteiger partial charge on any atom is -0.488 e. The molecule has 0 bridgehead atoms. The first-order valence-electron chi connectivity index (χ1n) is 5.92. The topological polar surface area (TPSA) is 35.2 Å². The Hall–Kier alpha value is -2.10. The molecule has 100 valence electrons. The maximum absolute atomic E-state index is 13.5. The zero-order valence-corrected chi connectivity index (χ0v) is 10.8. The van der Waals surface area contributed by atoms with Gasteiger partial charge < -0.3 is 10.5 Å². The van der Waals surface area contributed by atoms with Crippen LogP contribution in [0.1, 0.15) is 16.7 Å². The van der Waals surface area contributed by atoms with Gasteiger partial charge in [0.1, 0.15) is 12.4 Å². The molecule has 0 heterocycles. The Bertz CT molecular complexity index is 611. The molecule has 0 spiro atoms. The maximum Gasteiger partial charge on any atom is 0.165 e. The standard InChI is InChI=1S/C15H15F2NO/c1-9-6-7-13(18)10(2)15(9)19-8-11-4-3-5-12(16)14(11)17/h3-7H,8,18H2,1-2H3. The van der Waals surface area contributed by atoms with E-state index in [0.29, 0.717) is 11.4 Å². The van der Waals surface area contributed by atoms with Crippen molar-refractivity contribution in [2.75, 3.05) is 5.73 Å². The lowest BCUT2D eigenvalue weighted by Crippen LogP contribution is -2.03. The summed E-state index contributed by atoms with van der Waals surface area (Å²) in [4.78, 5) is 0. The number of nitrogen functional groups attached to an aromatic ring is 1. The highest BCUT2D eigenvalue weighted by molar-refractivity contribution is 5.56. The van der Waals surface area contributed by atoms with Gasteiger partial charge >= 0.3 is 0 Å². The highest BCUT2D eigenvalue weighted by Gasteiger charge is 2.11. The molecule has 0 fully saturated rings. The van der Waals surface area contributed by atoms with Gasteiger partial charge in [0.25, 0.3) is 0 Å². The van der Waals surface area contributed by atoms with Crippen LogP contribution in [0.2, 0.25) is 0 Å². The number of halogens is 2. The number of anilines is 1. The molecule has 2 N–H and O–H groups in total. The van der Waals surface area contributed by atoms with Gasteiger partial charge in [-0.05, 0) is 31.5 Å². The average Bonchev–Trinajstić information content (AvgIpc) is 2.39. The van der Waals surface area contributed by atoms with E-state index in [0.717, 1.165) is 17.2 Å². The van der Waals surface area contributed by atoms with Crippen LogP contribution in [0.5, 0.6) is 5.75 Å². The smallest absolute Gasteiger partial charge is 0.165 e. The molecule has 19 heavy (non-hydrogen) atoms. The number of hydrogen-bond acceptors (Lipinski definition) is 2. The quantitative estimate of drug-likeness (QED) is 0.856. The summed E-state index contributed by atoms with van der Waals surface area (Å²) in [6.45, 7) is 3.68. The summed E-state index contributed by atoms with van der Waals surface area (Å²) in [7, 11) is 0. The predicted octanol–water partition coefficient (Wildman–Crippen LogP) is 3.74. The van der Waals surface area contributed by atoms with Gasteiger partial charge in [-0.1, -0.05) is 18.2 Å². The van der Waals surface area contributed by atoms with Gasteiger partial charge in [-0.3, -0.25) is 0 Å². The van der Waals surface area contributed by atoms with Crippen molar-refractivity contribution < 1.29 is 13.5 Å². The number of ether oxygens (including phenoxy) is 1. The molecule has 0 atom stereocenters. The molecule has 2 aromatic carbocycles. The first-order valence-corrected chi connectivity index (χ1v) is 5.92. The third-order valence-corrected chi connectivity index (χ3v) is 3.05. The molecule has 0 saturated heterocycles. The Labute approximate surface area is 110 Å². The highest BCUT2D eigenvalue weighted by atomic mass is 19.2. The molecule has 0 aliphatic heterocycles. The summed E-state index contributed by atoms with van der Waals surface area (Å²) in [5.41, 5.74) is 8.30. The Morgan fingerprint density at radius 2 is 1.84 bits per heavy atom. The molecule has 2 nitrogen and oxygen atoms in total. The number of aryl methyl sites for hydroxylation is 1. The second kappa shape index (κ2) is 5.26. The first-order chi connectivity index (χ1) is 9.00. The molecule has 0 aliphatic rings. The largest absolute Gasteiger partial charge is 0.488 e. The Balaban J connectivity index is 2.24. The summed E-state index contributed by atoms with van der Waals surface area (Å²) in [5.74, 6) is -1.13. The van der Waals surface area contributed by atoms with Crippen LogP contribution in [-0.4, -0.2) is 0 Å². The summed E-state index contributed by atoms with van der Waals surface area (Å²) < 4.78 is 32.2. The molecule has 0 saturated carbocycles. The number of rotatable bonds is 3. The van der Waals surface area contributed by atoms with E-state index in [4.69, 9.17) is 10.5 Å². The molecule has 0 unspecified atom stereocenters. The second-order valence-electron chi connectivity index (χ2n) is 4.43. The van der Waals surface area contributed by atoms with E-state index < -0.39 is 11.6 Å². The van der Waals surface area contributed by atoms with Gasteiger partial charge in [0.05, 0.1) is 0 Å². The van der Waals surface area contributed by atoms with Crippen molar-refractivity contribution in [3.8, 4) is 5.75 Å². The van der Waals surface area contributed by atoms with Crippen molar-refractivity contribution in [2.24, 2.45) is 0 Å². The molecule has 2 aromatic rings. The van der Waals surface area contributed by atoms with E-state index in [1.165, 1.54) is 12.1 Å². The van der Waals surface area contributed by atoms with Gasteiger partial charge in [0.2, 0.25) is 0 Å². The van der Waals surface area contributed by atoms with Gasteiger partial charge in [0, 0.05) is 16.8 Å². The van der Waals surface area contributed by atoms with E-state index in [1.54, 1.807) is 6.07 Å². The van der Waals surface area contributed by atoms with Crippen molar-refractivity contribution in [1.82, 2.24) is 0 Å². The monoisotopic (exact) mass is 263 g/mol. The van der Waals surface area contributed by atoms with Crippen molar-refractivity contribution in [3.63, 3.8) is 0 Å². The van der Waals surface area contributed by atoms with Crippen LogP contribution in [-0.2, 0) is 6.61 Å². The zero-order valence-electron chi connectivity index (χ0n) is 10.8. The first kappa shape index (κ1) is 13.3.